The number of nitrogens with zero attached hydrogens (tertiary/aromatic N) is 4. The Bertz CT molecular complexity index is 1070. The molecule has 32 heavy (non-hydrogen) atoms. The molecule has 1 saturated heterocycles. The summed E-state index contributed by atoms with van der Waals surface area (Å²) in [4.78, 5) is 14.4. The van der Waals surface area contributed by atoms with E-state index < -0.39 is 11.7 Å². The van der Waals surface area contributed by atoms with Gasteiger partial charge in [-0.05, 0) is 48.7 Å². The Labute approximate surface area is 183 Å². The molecule has 0 radical (unpaired) electrons. The minimum atomic E-state index is -4.41. The van der Waals surface area contributed by atoms with Crippen LogP contribution in [0.5, 0.6) is 5.75 Å². The van der Waals surface area contributed by atoms with Crippen molar-refractivity contribution in [1.29, 1.82) is 0 Å². The van der Waals surface area contributed by atoms with E-state index in [4.69, 9.17) is 4.74 Å². The van der Waals surface area contributed by atoms with E-state index in [1.807, 2.05) is 24.3 Å². The predicted molar refractivity (Wildman–Crippen MR) is 112 cm³/mol. The lowest BCUT2D eigenvalue weighted by Crippen LogP contribution is -2.41. The van der Waals surface area contributed by atoms with Crippen LogP contribution in [0, 0.1) is 0 Å². The van der Waals surface area contributed by atoms with Crippen LogP contribution in [-0.2, 0) is 17.5 Å². The van der Waals surface area contributed by atoms with Gasteiger partial charge < -0.3 is 10.1 Å². The quantitative estimate of drug-likeness (QED) is 0.627. The zero-order chi connectivity index (χ0) is 22.7. The fourth-order valence-corrected chi connectivity index (χ4v) is 3.91. The Kier molecular flexibility index (Phi) is 6.31. The van der Waals surface area contributed by atoms with Gasteiger partial charge in [0.25, 0.3) is 0 Å². The summed E-state index contributed by atoms with van der Waals surface area (Å²) < 4.78 is 45.6. The van der Waals surface area contributed by atoms with Crippen molar-refractivity contribution in [1.82, 2.24) is 25.2 Å². The van der Waals surface area contributed by atoms with Crippen molar-refractivity contribution in [2.45, 2.75) is 31.6 Å². The summed E-state index contributed by atoms with van der Waals surface area (Å²) in [5.74, 6) is 0.717. The Hall–Kier alpha value is -3.14. The summed E-state index contributed by atoms with van der Waals surface area (Å²) in [5, 5.41) is 10.9. The van der Waals surface area contributed by atoms with Crippen LogP contribution in [0.25, 0.3) is 11.0 Å². The Balaban J connectivity index is 1.28. The van der Waals surface area contributed by atoms with E-state index in [1.165, 1.54) is 6.07 Å². The second kappa shape index (κ2) is 9.15. The SMILES string of the molecule is COc1ccc(CNC(=O)CN2CCC(n3nnc4cc(C(F)(F)F)ccc43)CC2)cc1. The van der Waals surface area contributed by atoms with Gasteiger partial charge in [0.2, 0.25) is 5.91 Å². The fraction of sp³-hybridized carbons (Fsp3) is 0.409. The second-order valence-corrected chi connectivity index (χ2v) is 7.87. The third-order valence-electron chi connectivity index (χ3n) is 5.72. The van der Waals surface area contributed by atoms with Crippen LogP contribution in [-0.4, -0.2) is 52.5 Å². The number of methoxy groups -OCH3 is 1. The van der Waals surface area contributed by atoms with Crippen LogP contribution in [0.3, 0.4) is 0 Å². The monoisotopic (exact) mass is 447 g/mol. The lowest BCUT2D eigenvalue weighted by Gasteiger charge is -2.31. The molecular formula is C22H24F3N5O2. The maximum Gasteiger partial charge on any atom is 0.416 e. The normalized spacial score (nSPS) is 15.8. The van der Waals surface area contributed by atoms with Gasteiger partial charge in [-0.15, -0.1) is 5.10 Å². The first-order chi connectivity index (χ1) is 15.3. The van der Waals surface area contributed by atoms with Crippen molar-refractivity contribution < 1.29 is 22.7 Å². The largest absolute Gasteiger partial charge is 0.497 e. The van der Waals surface area contributed by atoms with Gasteiger partial charge in [-0.3, -0.25) is 9.69 Å². The number of ether oxygens (including phenoxy) is 1. The highest BCUT2D eigenvalue weighted by atomic mass is 19.4. The van der Waals surface area contributed by atoms with E-state index in [9.17, 15) is 18.0 Å². The molecule has 1 fully saturated rings. The van der Waals surface area contributed by atoms with Gasteiger partial charge in [0.05, 0.1) is 30.8 Å². The standard InChI is InChI=1S/C22H24F3N5O2/c1-32-18-5-2-15(3-6-18)13-26-21(31)14-29-10-8-17(9-11-29)30-20-7-4-16(22(23,24)25)12-19(20)27-28-30/h2-7,12,17H,8-11,13-14H2,1H3,(H,26,31). The Morgan fingerprint density at radius 3 is 2.53 bits per heavy atom. The highest BCUT2D eigenvalue weighted by Gasteiger charge is 2.31. The Morgan fingerprint density at radius 2 is 1.88 bits per heavy atom. The first kappa shape index (κ1) is 22.1. The van der Waals surface area contributed by atoms with Crippen molar-refractivity contribution in [3.05, 3.63) is 53.6 Å². The first-order valence-corrected chi connectivity index (χ1v) is 10.4. The van der Waals surface area contributed by atoms with E-state index in [1.54, 1.807) is 11.8 Å². The number of piperidine rings is 1. The van der Waals surface area contributed by atoms with Crippen LogP contribution in [0.4, 0.5) is 13.2 Å². The van der Waals surface area contributed by atoms with Crippen LogP contribution in [0.15, 0.2) is 42.5 Å². The van der Waals surface area contributed by atoms with Gasteiger partial charge in [-0.2, -0.15) is 13.2 Å². The molecule has 1 amide bonds. The number of aromatic nitrogens is 3. The maximum atomic E-state index is 12.9. The minimum absolute atomic E-state index is 0.0374. The van der Waals surface area contributed by atoms with E-state index in [0.717, 1.165) is 36.3 Å². The molecule has 2 heterocycles. The zero-order valence-corrected chi connectivity index (χ0v) is 17.6. The number of carbonyl (C=O) groups is 1. The number of likely N-dealkylation sites (tertiary alicyclic amines) is 1. The number of carbonyl (C=O) groups excluding carboxylic acids is 1. The Morgan fingerprint density at radius 1 is 1.16 bits per heavy atom. The number of hydrogen-bond donors (Lipinski definition) is 1. The lowest BCUT2D eigenvalue weighted by atomic mass is 10.0. The van der Waals surface area contributed by atoms with Crippen molar-refractivity contribution in [2.24, 2.45) is 0 Å². The lowest BCUT2D eigenvalue weighted by molar-refractivity contribution is -0.137. The van der Waals surface area contributed by atoms with Crippen molar-refractivity contribution in [3.8, 4) is 5.75 Å². The van der Waals surface area contributed by atoms with E-state index in [-0.39, 0.29) is 17.5 Å². The summed E-state index contributed by atoms with van der Waals surface area (Å²) in [6, 6.07) is 11.1. The first-order valence-electron chi connectivity index (χ1n) is 10.4. The predicted octanol–water partition coefficient (Wildman–Crippen LogP) is 3.41. The molecular weight excluding hydrogens is 423 g/mol. The average molecular weight is 447 g/mol. The summed E-state index contributed by atoms with van der Waals surface area (Å²) in [7, 11) is 1.61. The molecule has 1 aliphatic heterocycles. The summed E-state index contributed by atoms with van der Waals surface area (Å²) in [6.45, 7) is 2.14. The summed E-state index contributed by atoms with van der Waals surface area (Å²) in [6.07, 6.45) is -2.92. The third kappa shape index (κ3) is 5.01. The van der Waals surface area contributed by atoms with Crippen LogP contribution >= 0.6 is 0 Å². The van der Waals surface area contributed by atoms with E-state index in [2.05, 4.69) is 20.5 Å². The van der Waals surface area contributed by atoms with Gasteiger partial charge >= 0.3 is 6.18 Å². The molecule has 1 N–H and O–H groups in total. The molecule has 0 saturated carbocycles. The number of fused-ring (bicyclic) bond motifs is 1. The maximum absolute atomic E-state index is 12.9. The van der Waals surface area contributed by atoms with Crippen molar-refractivity contribution in [2.75, 3.05) is 26.7 Å². The molecule has 4 rings (SSSR count). The van der Waals surface area contributed by atoms with Gasteiger partial charge in [0, 0.05) is 19.6 Å². The third-order valence-corrected chi connectivity index (χ3v) is 5.72. The molecule has 0 aliphatic carbocycles. The van der Waals surface area contributed by atoms with Gasteiger partial charge in [0.1, 0.15) is 11.3 Å². The molecule has 0 bridgehead atoms. The smallest absolute Gasteiger partial charge is 0.416 e. The molecule has 3 aromatic rings. The average Bonchev–Trinajstić information content (AvgIpc) is 3.21. The van der Waals surface area contributed by atoms with E-state index >= 15 is 0 Å². The molecule has 0 unspecified atom stereocenters. The van der Waals surface area contributed by atoms with E-state index in [0.29, 0.717) is 31.7 Å². The molecule has 7 nitrogen and oxygen atoms in total. The van der Waals surface area contributed by atoms with Crippen molar-refractivity contribution >= 4 is 16.9 Å². The molecule has 170 valence electrons. The number of nitrogens with one attached hydrogen (secondary N) is 1. The highest BCUT2D eigenvalue weighted by molar-refractivity contribution is 5.78. The van der Waals surface area contributed by atoms with Crippen molar-refractivity contribution in [3.63, 3.8) is 0 Å². The molecule has 2 aromatic carbocycles. The number of alkyl halides is 3. The summed E-state index contributed by atoms with van der Waals surface area (Å²) >= 11 is 0. The molecule has 10 heteroatoms. The topological polar surface area (TPSA) is 72.3 Å². The number of hydrogen-bond acceptors (Lipinski definition) is 5. The number of halogens is 3. The number of benzene rings is 2. The van der Waals surface area contributed by atoms with Gasteiger partial charge in [0.15, 0.2) is 0 Å². The highest BCUT2D eigenvalue weighted by Crippen LogP contribution is 2.32. The summed E-state index contributed by atoms with van der Waals surface area (Å²) in [5.41, 5.74) is 1.09. The van der Waals surface area contributed by atoms with Gasteiger partial charge in [-0.25, -0.2) is 4.68 Å². The molecule has 0 atom stereocenters. The number of rotatable bonds is 6. The second-order valence-electron chi connectivity index (χ2n) is 7.87. The molecule has 1 aromatic heterocycles. The van der Waals surface area contributed by atoms with Crippen LogP contribution < -0.4 is 10.1 Å². The molecule has 0 spiro atoms. The van der Waals surface area contributed by atoms with Gasteiger partial charge in [-0.1, -0.05) is 17.3 Å². The molecule has 1 aliphatic rings. The van der Waals surface area contributed by atoms with Crippen LogP contribution in [0.2, 0.25) is 0 Å². The zero-order valence-electron chi connectivity index (χ0n) is 17.6. The minimum Gasteiger partial charge on any atom is -0.497 e. The fourth-order valence-electron chi connectivity index (χ4n) is 3.91. The number of amides is 1. The van der Waals surface area contributed by atoms with Crippen LogP contribution in [0.1, 0.15) is 30.0 Å².